The zero-order chi connectivity index (χ0) is 15.7. The van der Waals surface area contributed by atoms with Crippen LogP contribution in [0.25, 0.3) is 20.5 Å². The molecule has 0 saturated carbocycles. The third kappa shape index (κ3) is 2.75. The molecule has 0 radical (unpaired) electrons. The highest BCUT2D eigenvalue weighted by Crippen LogP contribution is 2.34. The number of hydrogen-bond acceptors (Lipinski definition) is 3. The topological polar surface area (TPSA) is 49.3 Å². The monoisotopic (exact) mass is 311 g/mol. The summed E-state index contributed by atoms with van der Waals surface area (Å²) in [5.74, 6) is 0.0342. The van der Waals surface area contributed by atoms with Crippen LogP contribution in [0.15, 0.2) is 48.5 Å². The maximum Gasteiger partial charge on any atom is 0.274 e. The van der Waals surface area contributed by atoms with E-state index in [0.29, 0.717) is 11.5 Å². The number of carbonyl (C=O) groups is 1. The van der Waals surface area contributed by atoms with E-state index in [1.54, 1.807) is 28.9 Å². The first kappa shape index (κ1) is 14.8. The molecule has 3 nitrogen and oxygen atoms in total. The van der Waals surface area contributed by atoms with Gasteiger partial charge in [0.15, 0.2) is 0 Å². The molecule has 0 atom stereocenters. The smallest absolute Gasteiger partial charge is 0.274 e. The lowest BCUT2D eigenvalue weighted by atomic mass is 10.0. The van der Waals surface area contributed by atoms with Crippen LogP contribution in [0.3, 0.4) is 0 Å². The first-order valence-corrected chi connectivity index (χ1v) is 7.98. The van der Waals surface area contributed by atoms with Gasteiger partial charge < -0.3 is 0 Å². The van der Waals surface area contributed by atoms with Crippen LogP contribution < -0.4 is 5.48 Å². The standard InChI is InChI=1S/C18H17NO2S/c1-11(2)12-3-5-13(6-4-12)17-10-15-9-14(18(20)19-21)7-8-16(15)22-17/h3-11,21H,1-2H3,(H,19,20). The second-order valence-corrected chi connectivity index (χ2v) is 6.66. The molecule has 1 amide bonds. The van der Waals surface area contributed by atoms with Gasteiger partial charge in [0.25, 0.3) is 5.91 Å². The predicted octanol–water partition coefficient (Wildman–Crippen LogP) is 4.81. The fourth-order valence-electron chi connectivity index (χ4n) is 2.42. The molecule has 0 spiro atoms. The molecule has 0 aliphatic carbocycles. The Kier molecular flexibility index (Phi) is 3.96. The number of hydrogen-bond donors (Lipinski definition) is 2. The summed E-state index contributed by atoms with van der Waals surface area (Å²) in [6.07, 6.45) is 0. The number of carbonyl (C=O) groups excluding carboxylic acids is 1. The first-order valence-electron chi connectivity index (χ1n) is 7.17. The van der Waals surface area contributed by atoms with E-state index in [9.17, 15) is 4.79 Å². The maximum atomic E-state index is 11.5. The molecular formula is C18H17NO2S. The van der Waals surface area contributed by atoms with Crippen LogP contribution in [0.2, 0.25) is 0 Å². The van der Waals surface area contributed by atoms with Crippen molar-refractivity contribution in [3.63, 3.8) is 0 Å². The number of fused-ring (bicyclic) bond motifs is 1. The molecule has 0 aliphatic rings. The summed E-state index contributed by atoms with van der Waals surface area (Å²) in [4.78, 5) is 12.7. The Bertz CT molecular complexity index is 819. The van der Waals surface area contributed by atoms with E-state index in [0.717, 1.165) is 10.1 Å². The van der Waals surface area contributed by atoms with Gasteiger partial charge in [-0.1, -0.05) is 38.1 Å². The van der Waals surface area contributed by atoms with Gasteiger partial charge in [-0.25, -0.2) is 5.48 Å². The summed E-state index contributed by atoms with van der Waals surface area (Å²) in [5, 5.41) is 9.73. The highest BCUT2D eigenvalue weighted by molar-refractivity contribution is 7.22. The summed E-state index contributed by atoms with van der Waals surface area (Å²) in [6.45, 7) is 4.37. The lowest BCUT2D eigenvalue weighted by molar-refractivity contribution is 0.0706. The third-order valence-corrected chi connectivity index (χ3v) is 4.91. The predicted molar refractivity (Wildman–Crippen MR) is 90.6 cm³/mol. The number of rotatable bonds is 3. The molecule has 1 aromatic heterocycles. The van der Waals surface area contributed by atoms with Crippen LogP contribution in [-0.2, 0) is 0 Å². The largest absolute Gasteiger partial charge is 0.288 e. The minimum absolute atomic E-state index is 0.453. The normalized spacial score (nSPS) is 11.1. The molecular weight excluding hydrogens is 294 g/mol. The Hall–Kier alpha value is -2.17. The van der Waals surface area contributed by atoms with E-state index < -0.39 is 5.91 Å². The number of nitrogens with one attached hydrogen (secondary N) is 1. The van der Waals surface area contributed by atoms with Crippen LogP contribution in [-0.4, -0.2) is 11.1 Å². The molecule has 4 heteroatoms. The van der Waals surface area contributed by atoms with Gasteiger partial charge in [-0.15, -0.1) is 11.3 Å². The molecule has 3 aromatic rings. The Morgan fingerprint density at radius 2 is 1.82 bits per heavy atom. The summed E-state index contributed by atoms with van der Waals surface area (Å²) in [7, 11) is 0. The molecule has 1 heterocycles. The Balaban J connectivity index is 1.99. The zero-order valence-corrected chi connectivity index (χ0v) is 13.3. The van der Waals surface area contributed by atoms with E-state index in [-0.39, 0.29) is 0 Å². The second kappa shape index (κ2) is 5.91. The Morgan fingerprint density at radius 3 is 2.45 bits per heavy atom. The van der Waals surface area contributed by atoms with Crippen molar-refractivity contribution in [2.75, 3.05) is 0 Å². The Labute approximate surface area is 133 Å². The first-order chi connectivity index (χ1) is 10.6. The van der Waals surface area contributed by atoms with Crippen LogP contribution in [0.4, 0.5) is 0 Å². The van der Waals surface area contributed by atoms with Gasteiger partial charge >= 0.3 is 0 Å². The molecule has 22 heavy (non-hydrogen) atoms. The summed E-state index contributed by atoms with van der Waals surface area (Å²) in [6, 6.07) is 16.1. The van der Waals surface area contributed by atoms with Crippen molar-refractivity contribution in [2.45, 2.75) is 19.8 Å². The van der Waals surface area contributed by atoms with E-state index >= 15 is 0 Å². The number of thiophene rings is 1. The minimum atomic E-state index is -0.490. The average Bonchev–Trinajstić information content (AvgIpc) is 2.97. The molecule has 0 bridgehead atoms. The lowest BCUT2D eigenvalue weighted by Crippen LogP contribution is -2.18. The van der Waals surface area contributed by atoms with E-state index in [1.807, 2.05) is 6.07 Å². The van der Waals surface area contributed by atoms with Crippen molar-refractivity contribution in [1.82, 2.24) is 5.48 Å². The van der Waals surface area contributed by atoms with Gasteiger partial charge in [-0.2, -0.15) is 0 Å². The number of amides is 1. The number of benzene rings is 2. The van der Waals surface area contributed by atoms with Crippen molar-refractivity contribution < 1.29 is 10.0 Å². The fraction of sp³-hybridized carbons (Fsp3) is 0.167. The zero-order valence-electron chi connectivity index (χ0n) is 12.5. The van der Waals surface area contributed by atoms with Gasteiger partial charge in [0, 0.05) is 15.1 Å². The van der Waals surface area contributed by atoms with Crippen molar-refractivity contribution in [2.24, 2.45) is 0 Å². The quantitative estimate of drug-likeness (QED) is 0.538. The third-order valence-electron chi connectivity index (χ3n) is 3.74. The molecule has 0 saturated heterocycles. The van der Waals surface area contributed by atoms with Gasteiger partial charge in [0.1, 0.15) is 0 Å². The highest BCUT2D eigenvalue weighted by Gasteiger charge is 2.09. The fourth-order valence-corrected chi connectivity index (χ4v) is 3.47. The minimum Gasteiger partial charge on any atom is -0.288 e. The van der Waals surface area contributed by atoms with Crippen molar-refractivity contribution in [1.29, 1.82) is 0 Å². The van der Waals surface area contributed by atoms with Crippen molar-refractivity contribution in [3.05, 3.63) is 59.7 Å². The maximum absolute atomic E-state index is 11.5. The lowest BCUT2D eigenvalue weighted by Gasteiger charge is -2.05. The van der Waals surface area contributed by atoms with Gasteiger partial charge in [-0.05, 0) is 46.7 Å². The second-order valence-electron chi connectivity index (χ2n) is 5.58. The number of hydroxylamine groups is 1. The summed E-state index contributed by atoms with van der Waals surface area (Å²) in [5.41, 5.74) is 4.62. The molecule has 2 N–H and O–H groups in total. The Morgan fingerprint density at radius 1 is 1.09 bits per heavy atom. The summed E-state index contributed by atoms with van der Waals surface area (Å²) >= 11 is 1.70. The molecule has 0 fully saturated rings. The van der Waals surface area contributed by atoms with E-state index in [2.05, 4.69) is 44.2 Å². The molecule has 0 unspecified atom stereocenters. The molecule has 3 rings (SSSR count). The van der Waals surface area contributed by atoms with E-state index in [1.165, 1.54) is 16.0 Å². The van der Waals surface area contributed by atoms with Crippen molar-refractivity contribution in [3.8, 4) is 10.4 Å². The van der Waals surface area contributed by atoms with Crippen LogP contribution in [0.5, 0.6) is 0 Å². The van der Waals surface area contributed by atoms with Gasteiger partial charge in [-0.3, -0.25) is 10.0 Å². The van der Waals surface area contributed by atoms with Crippen LogP contribution in [0, 0.1) is 0 Å². The van der Waals surface area contributed by atoms with Crippen LogP contribution >= 0.6 is 11.3 Å². The van der Waals surface area contributed by atoms with Gasteiger partial charge in [0.2, 0.25) is 0 Å². The van der Waals surface area contributed by atoms with Gasteiger partial charge in [0.05, 0.1) is 0 Å². The highest BCUT2D eigenvalue weighted by atomic mass is 32.1. The average molecular weight is 311 g/mol. The molecule has 2 aromatic carbocycles. The van der Waals surface area contributed by atoms with Crippen molar-refractivity contribution >= 4 is 27.3 Å². The molecule has 112 valence electrons. The van der Waals surface area contributed by atoms with E-state index in [4.69, 9.17) is 5.21 Å². The summed E-state index contributed by atoms with van der Waals surface area (Å²) < 4.78 is 1.12. The SMILES string of the molecule is CC(C)c1ccc(-c2cc3cc(C(=O)NO)ccc3s2)cc1. The van der Waals surface area contributed by atoms with Crippen LogP contribution in [0.1, 0.15) is 35.7 Å². The molecule has 0 aliphatic heterocycles.